The van der Waals surface area contributed by atoms with Gasteiger partial charge in [-0.25, -0.2) is 0 Å². The number of hydrogen-bond donors (Lipinski definition) is 2. The number of aryl methyl sites for hydroxylation is 1. The number of amides is 2. The normalized spacial score (nSPS) is 22.7. The van der Waals surface area contributed by atoms with E-state index in [1.54, 1.807) is 12.1 Å². The average molecular weight is 373 g/mol. The second-order valence-corrected chi connectivity index (χ2v) is 8.15. The van der Waals surface area contributed by atoms with Gasteiger partial charge in [-0.2, -0.15) is 0 Å². The van der Waals surface area contributed by atoms with E-state index in [-0.39, 0.29) is 17.6 Å². The van der Waals surface area contributed by atoms with Gasteiger partial charge in [-0.05, 0) is 68.5 Å². The first-order chi connectivity index (χ1) is 12.6. The van der Waals surface area contributed by atoms with Gasteiger partial charge < -0.3 is 20.0 Å². The lowest BCUT2D eigenvalue weighted by Gasteiger charge is -2.20. The second-order valence-electron chi connectivity index (χ2n) is 7.10. The molecule has 2 aromatic heterocycles. The highest BCUT2D eigenvalue weighted by molar-refractivity contribution is 7.18. The number of carbonyl (C=O) groups is 2. The Morgan fingerprint density at radius 1 is 1.27 bits per heavy atom. The average Bonchev–Trinajstić information content (AvgIpc) is 3.34. The molecule has 26 heavy (non-hydrogen) atoms. The Bertz CT molecular complexity index is 785. The Labute approximate surface area is 156 Å². The molecule has 0 bridgehead atoms. The van der Waals surface area contributed by atoms with Crippen LogP contribution >= 0.6 is 11.3 Å². The predicted octanol–water partition coefficient (Wildman–Crippen LogP) is 2.97. The minimum Gasteiger partial charge on any atom is -0.459 e. The van der Waals surface area contributed by atoms with Crippen LogP contribution in [-0.4, -0.2) is 42.9 Å². The third kappa shape index (κ3) is 3.41. The Morgan fingerprint density at radius 2 is 2.00 bits per heavy atom. The van der Waals surface area contributed by atoms with Gasteiger partial charge >= 0.3 is 0 Å². The van der Waals surface area contributed by atoms with E-state index in [0.29, 0.717) is 21.7 Å². The summed E-state index contributed by atoms with van der Waals surface area (Å²) in [6, 6.07) is 5.15. The van der Waals surface area contributed by atoms with E-state index >= 15 is 0 Å². The van der Waals surface area contributed by atoms with E-state index in [1.807, 2.05) is 17.9 Å². The zero-order valence-electron chi connectivity index (χ0n) is 14.8. The number of nitrogens with zero attached hydrogens (tertiary/aromatic N) is 1. The fourth-order valence-corrected chi connectivity index (χ4v) is 4.94. The number of likely N-dealkylation sites (tertiary alicyclic amines) is 1. The lowest BCUT2D eigenvalue weighted by Crippen LogP contribution is -2.32. The van der Waals surface area contributed by atoms with Gasteiger partial charge in [-0.1, -0.05) is 0 Å². The van der Waals surface area contributed by atoms with Gasteiger partial charge in [0.05, 0.1) is 16.1 Å². The molecule has 2 fully saturated rings. The first-order valence-electron chi connectivity index (χ1n) is 9.07. The summed E-state index contributed by atoms with van der Waals surface area (Å²) in [6.07, 6.45) is 3.60. The quantitative estimate of drug-likeness (QED) is 0.867. The summed E-state index contributed by atoms with van der Waals surface area (Å²) in [7, 11) is 0. The molecule has 2 saturated heterocycles. The second kappa shape index (κ2) is 7.25. The van der Waals surface area contributed by atoms with Crippen molar-refractivity contribution in [1.82, 2.24) is 10.2 Å². The van der Waals surface area contributed by atoms with Crippen LogP contribution in [0, 0.1) is 18.8 Å². The van der Waals surface area contributed by atoms with E-state index in [1.165, 1.54) is 17.6 Å². The maximum absolute atomic E-state index is 13.0. The van der Waals surface area contributed by atoms with Crippen molar-refractivity contribution in [3.8, 4) is 0 Å². The van der Waals surface area contributed by atoms with Gasteiger partial charge in [-0.3, -0.25) is 9.59 Å². The molecule has 2 N–H and O–H groups in total. The van der Waals surface area contributed by atoms with Gasteiger partial charge in [0.25, 0.3) is 11.8 Å². The minimum absolute atomic E-state index is 0.0823. The largest absolute Gasteiger partial charge is 0.459 e. The molecule has 4 rings (SSSR count). The summed E-state index contributed by atoms with van der Waals surface area (Å²) in [5.74, 6) is 1.43. The molecule has 7 heteroatoms. The molecule has 138 valence electrons. The highest BCUT2D eigenvalue weighted by atomic mass is 32.1. The number of carbonyl (C=O) groups excluding carboxylic acids is 2. The summed E-state index contributed by atoms with van der Waals surface area (Å²) >= 11 is 1.34. The van der Waals surface area contributed by atoms with Crippen LogP contribution in [0.5, 0.6) is 0 Å². The van der Waals surface area contributed by atoms with Gasteiger partial charge in [0.15, 0.2) is 5.76 Å². The molecule has 0 saturated carbocycles. The van der Waals surface area contributed by atoms with Gasteiger partial charge in [0, 0.05) is 13.1 Å². The predicted molar refractivity (Wildman–Crippen MR) is 101 cm³/mol. The standard InChI is InChI=1S/C19H23N3O3S/c1-12-9-16(21-18(23)15-3-2-8-25-15)26-17(12)19(24)22-6-4-13-10-20-11-14(13)5-7-22/h2-3,8-9,13-14,20H,4-7,10-11H2,1H3,(H,21,23)/t13-,14+. The molecule has 2 aliphatic rings. The summed E-state index contributed by atoms with van der Waals surface area (Å²) in [5.41, 5.74) is 0.904. The van der Waals surface area contributed by atoms with Crippen molar-refractivity contribution in [3.63, 3.8) is 0 Å². The van der Waals surface area contributed by atoms with E-state index in [4.69, 9.17) is 4.42 Å². The van der Waals surface area contributed by atoms with Crippen molar-refractivity contribution < 1.29 is 14.0 Å². The van der Waals surface area contributed by atoms with Crippen molar-refractivity contribution in [1.29, 1.82) is 0 Å². The number of hydrogen-bond acceptors (Lipinski definition) is 5. The zero-order valence-corrected chi connectivity index (χ0v) is 15.6. The molecule has 0 radical (unpaired) electrons. The molecule has 6 nitrogen and oxygen atoms in total. The van der Waals surface area contributed by atoms with Crippen LogP contribution in [0.3, 0.4) is 0 Å². The fourth-order valence-electron chi connectivity index (χ4n) is 3.90. The van der Waals surface area contributed by atoms with Crippen LogP contribution in [0.2, 0.25) is 0 Å². The summed E-state index contributed by atoms with van der Waals surface area (Å²) in [5, 5.41) is 6.95. The topological polar surface area (TPSA) is 74.6 Å². The van der Waals surface area contributed by atoms with Crippen molar-refractivity contribution >= 4 is 28.2 Å². The molecule has 0 aliphatic carbocycles. The van der Waals surface area contributed by atoms with Crippen molar-refractivity contribution in [2.75, 3.05) is 31.5 Å². The molecule has 2 aliphatic heterocycles. The van der Waals surface area contributed by atoms with Crippen molar-refractivity contribution in [3.05, 3.63) is 40.7 Å². The zero-order chi connectivity index (χ0) is 18.1. The maximum Gasteiger partial charge on any atom is 0.291 e. The molecule has 0 unspecified atom stereocenters. The van der Waals surface area contributed by atoms with Crippen LogP contribution < -0.4 is 10.6 Å². The maximum atomic E-state index is 13.0. The van der Waals surface area contributed by atoms with Crippen LogP contribution in [0.4, 0.5) is 5.00 Å². The van der Waals surface area contributed by atoms with E-state index in [9.17, 15) is 9.59 Å². The lowest BCUT2D eigenvalue weighted by molar-refractivity contribution is 0.0762. The smallest absolute Gasteiger partial charge is 0.291 e. The van der Waals surface area contributed by atoms with E-state index < -0.39 is 0 Å². The Balaban J connectivity index is 1.44. The van der Waals surface area contributed by atoms with Crippen LogP contribution in [0.25, 0.3) is 0 Å². The minimum atomic E-state index is -0.301. The van der Waals surface area contributed by atoms with Gasteiger partial charge in [0.1, 0.15) is 0 Å². The molecule has 2 amide bonds. The highest BCUT2D eigenvalue weighted by Gasteiger charge is 2.32. The summed E-state index contributed by atoms with van der Waals surface area (Å²) in [6.45, 7) is 5.70. The van der Waals surface area contributed by atoms with Crippen LogP contribution in [0.1, 0.15) is 38.6 Å². The first kappa shape index (κ1) is 17.3. The van der Waals surface area contributed by atoms with E-state index in [2.05, 4.69) is 10.6 Å². The first-order valence-corrected chi connectivity index (χ1v) is 9.89. The SMILES string of the molecule is Cc1cc(NC(=O)c2ccco2)sc1C(=O)N1CC[C@@H]2CNC[C@@H]2CC1. The molecule has 0 aromatic carbocycles. The summed E-state index contributed by atoms with van der Waals surface area (Å²) in [4.78, 5) is 27.8. The highest BCUT2D eigenvalue weighted by Crippen LogP contribution is 2.31. The van der Waals surface area contributed by atoms with E-state index in [0.717, 1.165) is 44.6 Å². The number of fused-ring (bicyclic) bond motifs is 1. The molecular weight excluding hydrogens is 350 g/mol. The Kier molecular flexibility index (Phi) is 4.82. The number of furan rings is 1. The monoisotopic (exact) mass is 373 g/mol. The van der Waals surface area contributed by atoms with Gasteiger partial charge in [0.2, 0.25) is 0 Å². The summed E-state index contributed by atoms with van der Waals surface area (Å²) < 4.78 is 5.11. The molecule has 2 atom stereocenters. The third-order valence-electron chi connectivity index (χ3n) is 5.40. The molecule has 2 aromatic rings. The van der Waals surface area contributed by atoms with Crippen LogP contribution in [-0.2, 0) is 0 Å². The van der Waals surface area contributed by atoms with Crippen molar-refractivity contribution in [2.45, 2.75) is 19.8 Å². The van der Waals surface area contributed by atoms with Gasteiger partial charge in [-0.15, -0.1) is 11.3 Å². The number of thiophene rings is 1. The molecule has 4 heterocycles. The lowest BCUT2D eigenvalue weighted by atomic mass is 9.92. The fraction of sp³-hybridized carbons (Fsp3) is 0.474. The third-order valence-corrected chi connectivity index (χ3v) is 6.54. The Morgan fingerprint density at radius 3 is 2.65 bits per heavy atom. The molecular formula is C19H23N3O3S. The Hall–Kier alpha value is -2.12. The van der Waals surface area contributed by atoms with Crippen molar-refractivity contribution in [2.24, 2.45) is 11.8 Å². The number of anilines is 1. The van der Waals surface area contributed by atoms with Crippen LogP contribution in [0.15, 0.2) is 28.9 Å². The number of rotatable bonds is 3. The number of nitrogens with one attached hydrogen (secondary N) is 2. The molecule has 0 spiro atoms.